The Hall–Kier alpha value is -3.08. The molecule has 2 saturated heterocycles. The molecule has 0 radical (unpaired) electrons. The lowest BCUT2D eigenvalue weighted by Crippen LogP contribution is -2.54. The number of aromatic nitrogens is 1. The van der Waals surface area contributed by atoms with E-state index in [0.717, 1.165) is 41.6 Å². The quantitative estimate of drug-likeness (QED) is 0.576. The lowest BCUT2D eigenvalue weighted by atomic mass is 9.98. The fraction of sp³-hybridized carbons (Fsp3) is 0.375. The topological polar surface area (TPSA) is 61.8 Å². The highest BCUT2D eigenvalue weighted by Crippen LogP contribution is 2.34. The van der Waals surface area contributed by atoms with Gasteiger partial charge in [0.05, 0.1) is 17.0 Å². The minimum Gasteiger partial charge on any atom is -0.370 e. The second kappa shape index (κ2) is 8.94. The summed E-state index contributed by atoms with van der Waals surface area (Å²) in [6.07, 6.45) is -2.52. The molecule has 2 aliphatic heterocycles. The van der Waals surface area contributed by atoms with Crippen molar-refractivity contribution in [2.45, 2.75) is 13.1 Å². The maximum Gasteiger partial charge on any atom is 0.416 e. The maximum absolute atomic E-state index is 13.1. The van der Waals surface area contributed by atoms with E-state index in [2.05, 4.69) is 15.7 Å². The van der Waals surface area contributed by atoms with E-state index in [9.17, 15) is 18.0 Å². The maximum atomic E-state index is 13.1. The van der Waals surface area contributed by atoms with Gasteiger partial charge >= 0.3 is 6.18 Å². The molecule has 3 aromatic rings. The number of carbonyl (C=O) groups excluding carboxylic acids is 1. The fourth-order valence-corrected chi connectivity index (χ4v) is 4.44. The molecule has 1 aromatic heterocycles. The van der Waals surface area contributed by atoms with Gasteiger partial charge in [-0.15, -0.1) is 0 Å². The first kappa shape index (κ1) is 22.7. The molecular weight excluding hydrogens is 447 g/mol. The van der Waals surface area contributed by atoms with E-state index in [-0.39, 0.29) is 11.8 Å². The van der Waals surface area contributed by atoms with Gasteiger partial charge in [0.25, 0.3) is 0 Å². The van der Waals surface area contributed by atoms with Gasteiger partial charge in [0.15, 0.2) is 0 Å². The van der Waals surface area contributed by atoms with E-state index in [1.54, 1.807) is 5.06 Å². The molecule has 0 aliphatic carbocycles. The van der Waals surface area contributed by atoms with Crippen molar-refractivity contribution in [3.05, 3.63) is 59.8 Å². The number of rotatable bonds is 6. The van der Waals surface area contributed by atoms with E-state index in [0.29, 0.717) is 31.6 Å². The van der Waals surface area contributed by atoms with Crippen molar-refractivity contribution in [1.82, 2.24) is 20.4 Å². The highest BCUT2D eigenvalue weighted by molar-refractivity contribution is 5.86. The minimum absolute atomic E-state index is 0.0343. The minimum atomic E-state index is -4.37. The lowest BCUT2D eigenvalue weighted by molar-refractivity contribution is -0.156. The molecular formula is C24H26F3N5O2. The Morgan fingerprint density at radius 2 is 1.97 bits per heavy atom. The van der Waals surface area contributed by atoms with Gasteiger partial charge < -0.3 is 14.8 Å². The van der Waals surface area contributed by atoms with Crippen molar-refractivity contribution < 1.29 is 22.9 Å². The summed E-state index contributed by atoms with van der Waals surface area (Å²) in [7, 11) is 0. The van der Waals surface area contributed by atoms with Crippen LogP contribution in [0.5, 0.6) is 0 Å². The van der Waals surface area contributed by atoms with Crippen molar-refractivity contribution in [2.24, 2.45) is 5.92 Å². The van der Waals surface area contributed by atoms with Crippen LogP contribution in [0.15, 0.2) is 48.7 Å². The van der Waals surface area contributed by atoms with Crippen LogP contribution in [0.3, 0.4) is 0 Å². The molecule has 2 N–H and O–H groups in total. The molecule has 0 spiro atoms. The molecule has 3 heterocycles. The summed E-state index contributed by atoms with van der Waals surface area (Å²) >= 11 is 0. The molecule has 2 fully saturated rings. The largest absolute Gasteiger partial charge is 0.416 e. The highest BCUT2D eigenvalue weighted by atomic mass is 19.4. The SMILES string of the molecule is Cc1cn(-c2cccc(N3CC(C(=O)NCCN4CCNO4)C3)c2)c2ccc(C(F)(F)F)cc12. The van der Waals surface area contributed by atoms with Crippen LogP contribution >= 0.6 is 0 Å². The van der Waals surface area contributed by atoms with Gasteiger partial charge in [0.2, 0.25) is 5.91 Å². The Labute approximate surface area is 195 Å². The van der Waals surface area contributed by atoms with Gasteiger partial charge in [-0.2, -0.15) is 23.7 Å². The van der Waals surface area contributed by atoms with E-state index >= 15 is 0 Å². The molecule has 0 saturated carbocycles. The Morgan fingerprint density at radius 3 is 2.71 bits per heavy atom. The predicted octanol–water partition coefficient (Wildman–Crippen LogP) is 3.26. The number of hydrogen-bond donors (Lipinski definition) is 2. The van der Waals surface area contributed by atoms with Crippen LogP contribution in [0.25, 0.3) is 16.6 Å². The van der Waals surface area contributed by atoms with Crippen LogP contribution in [0.1, 0.15) is 11.1 Å². The summed E-state index contributed by atoms with van der Waals surface area (Å²) in [6, 6.07) is 11.7. The Morgan fingerprint density at radius 1 is 1.18 bits per heavy atom. The van der Waals surface area contributed by atoms with Crippen molar-refractivity contribution in [2.75, 3.05) is 44.2 Å². The summed E-state index contributed by atoms with van der Waals surface area (Å²) in [5.74, 6) is -0.0382. The third-order valence-corrected chi connectivity index (χ3v) is 6.37. The van der Waals surface area contributed by atoms with Crippen LogP contribution in [0.4, 0.5) is 18.9 Å². The van der Waals surface area contributed by atoms with Crippen LogP contribution in [0.2, 0.25) is 0 Å². The van der Waals surface area contributed by atoms with Crippen molar-refractivity contribution in [3.63, 3.8) is 0 Å². The van der Waals surface area contributed by atoms with Crippen LogP contribution in [0, 0.1) is 12.8 Å². The molecule has 180 valence electrons. The Kier molecular flexibility index (Phi) is 5.97. The molecule has 5 rings (SSSR count). The molecule has 2 aromatic carbocycles. The molecule has 34 heavy (non-hydrogen) atoms. The second-order valence-corrected chi connectivity index (χ2v) is 8.74. The summed E-state index contributed by atoms with van der Waals surface area (Å²) in [5.41, 5.74) is 5.47. The van der Waals surface area contributed by atoms with E-state index in [4.69, 9.17) is 4.94 Å². The van der Waals surface area contributed by atoms with Crippen LogP contribution < -0.4 is 15.7 Å². The number of nitrogens with one attached hydrogen (secondary N) is 2. The van der Waals surface area contributed by atoms with E-state index in [1.807, 2.05) is 42.0 Å². The van der Waals surface area contributed by atoms with Gasteiger partial charge in [-0.1, -0.05) is 6.07 Å². The zero-order valence-corrected chi connectivity index (χ0v) is 18.7. The number of aryl methyl sites for hydroxylation is 1. The van der Waals surface area contributed by atoms with Gasteiger partial charge in [-0.3, -0.25) is 4.79 Å². The van der Waals surface area contributed by atoms with Crippen LogP contribution in [-0.2, 0) is 15.9 Å². The summed E-state index contributed by atoms with van der Waals surface area (Å²) < 4.78 is 41.3. The smallest absolute Gasteiger partial charge is 0.370 e. The first-order valence-corrected chi connectivity index (χ1v) is 11.3. The number of carbonyl (C=O) groups is 1. The lowest BCUT2D eigenvalue weighted by Gasteiger charge is -2.40. The fourth-order valence-electron chi connectivity index (χ4n) is 4.44. The zero-order valence-electron chi connectivity index (χ0n) is 18.7. The third-order valence-electron chi connectivity index (χ3n) is 6.37. The number of hydrogen-bond acceptors (Lipinski definition) is 5. The highest BCUT2D eigenvalue weighted by Gasteiger charge is 2.33. The number of amides is 1. The van der Waals surface area contributed by atoms with Gasteiger partial charge in [0, 0.05) is 62.2 Å². The number of nitrogens with zero attached hydrogens (tertiary/aromatic N) is 3. The summed E-state index contributed by atoms with van der Waals surface area (Å²) in [6.45, 7) is 5.79. The third kappa shape index (κ3) is 4.48. The molecule has 2 aliphatic rings. The van der Waals surface area contributed by atoms with Gasteiger partial charge in [-0.05, 0) is 48.9 Å². The average Bonchev–Trinajstić information content (AvgIpc) is 3.40. The van der Waals surface area contributed by atoms with Crippen molar-refractivity contribution >= 4 is 22.5 Å². The number of benzene rings is 2. The Balaban J connectivity index is 1.25. The first-order chi connectivity index (χ1) is 16.3. The number of halogens is 3. The van der Waals surface area contributed by atoms with E-state index in [1.165, 1.54) is 12.1 Å². The number of fused-ring (bicyclic) bond motifs is 1. The standard InChI is InChI=1S/C24H26F3N5O2/c1-16-13-32(22-6-5-18(11-21(16)22)24(25,26)27)20-4-2-3-19(12-20)30-14-17(15-30)23(33)28-7-9-31-10-8-29-34-31/h2-6,11-13,17,29H,7-10,14-15H2,1H3,(H,28,33). The van der Waals surface area contributed by atoms with Gasteiger partial charge in [0.1, 0.15) is 0 Å². The first-order valence-electron chi connectivity index (χ1n) is 11.3. The summed E-state index contributed by atoms with van der Waals surface area (Å²) in [5, 5.41) is 5.31. The van der Waals surface area contributed by atoms with Crippen molar-refractivity contribution in [3.8, 4) is 5.69 Å². The summed E-state index contributed by atoms with van der Waals surface area (Å²) in [4.78, 5) is 19.7. The number of anilines is 1. The molecule has 0 atom stereocenters. The Bertz CT molecular complexity index is 1200. The van der Waals surface area contributed by atoms with Gasteiger partial charge in [-0.25, -0.2) is 4.94 Å². The normalized spacial score (nSPS) is 17.4. The van der Waals surface area contributed by atoms with Crippen molar-refractivity contribution in [1.29, 1.82) is 0 Å². The predicted molar refractivity (Wildman–Crippen MR) is 122 cm³/mol. The second-order valence-electron chi connectivity index (χ2n) is 8.74. The van der Waals surface area contributed by atoms with Crippen LogP contribution in [-0.4, -0.2) is 54.8 Å². The number of hydroxylamine groups is 3. The molecule has 0 unspecified atom stereocenters. The molecule has 7 nitrogen and oxygen atoms in total. The molecule has 1 amide bonds. The molecule has 10 heteroatoms. The number of alkyl halides is 3. The zero-order chi connectivity index (χ0) is 23.9. The average molecular weight is 473 g/mol. The molecule has 0 bridgehead atoms. The monoisotopic (exact) mass is 473 g/mol. The van der Waals surface area contributed by atoms with E-state index < -0.39 is 11.7 Å².